The molecule has 1 saturated heterocycles. The first kappa shape index (κ1) is 16.7. The van der Waals surface area contributed by atoms with Crippen LogP contribution in [0.5, 0.6) is 5.88 Å². The predicted molar refractivity (Wildman–Crippen MR) is 82.6 cm³/mol. The van der Waals surface area contributed by atoms with Crippen LogP contribution in [0.3, 0.4) is 0 Å². The van der Waals surface area contributed by atoms with Crippen LogP contribution in [0.4, 0.5) is 4.39 Å². The van der Waals surface area contributed by atoms with Gasteiger partial charge in [0.1, 0.15) is 0 Å². The van der Waals surface area contributed by atoms with E-state index in [2.05, 4.69) is 29.0 Å². The summed E-state index contributed by atoms with van der Waals surface area (Å²) in [6, 6.07) is 3.09. The van der Waals surface area contributed by atoms with Crippen LogP contribution in [-0.2, 0) is 0 Å². The number of carbonyl (C=O) groups excluding carboxylic acids is 1. The maximum Gasteiger partial charge on any atom is 0.273 e. The summed E-state index contributed by atoms with van der Waals surface area (Å²) in [6.07, 6.45) is 1.67. The fourth-order valence-electron chi connectivity index (χ4n) is 2.69. The van der Waals surface area contributed by atoms with Gasteiger partial charge in [-0.15, -0.1) is 0 Å². The Morgan fingerprint density at radius 2 is 2.05 bits per heavy atom. The van der Waals surface area contributed by atoms with Crippen LogP contribution in [0.2, 0.25) is 0 Å². The van der Waals surface area contributed by atoms with Crippen LogP contribution >= 0.6 is 0 Å². The van der Waals surface area contributed by atoms with Gasteiger partial charge in [0.05, 0.1) is 7.11 Å². The monoisotopic (exact) mass is 309 g/mol. The molecule has 1 aliphatic rings. The van der Waals surface area contributed by atoms with Crippen molar-refractivity contribution in [1.82, 2.24) is 15.2 Å². The number of hydrogen-bond acceptors (Lipinski definition) is 4. The second-order valence-electron chi connectivity index (χ2n) is 6.33. The van der Waals surface area contributed by atoms with Crippen molar-refractivity contribution in [3.63, 3.8) is 0 Å². The molecule has 1 aromatic rings. The van der Waals surface area contributed by atoms with Crippen LogP contribution in [0, 0.1) is 5.82 Å². The number of likely N-dealkylation sites (tertiary alicyclic amines) is 1. The number of carbonyl (C=O) groups is 1. The molecule has 0 atom stereocenters. The van der Waals surface area contributed by atoms with E-state index >= 15 is 0 Å². The van der Waals surface area contributed by atoms with Gasteiger partial charge in [0, 0.05) is 30.7 Å². The minimum atomic E-state index is -0.637. The van der Waals surface area contributed by atoms with Crippen molar-refractivity contribution in [3.05, 3.63) is 23.6 Å². The van der Waals surface area contributed by atoms with Gasteiger partial charge in [0.2, 0.25) is 5.88 Å². The van der Waals surface area contributed by atoms with E-state index in [1.165, 1.54) is 19.2 Å². The molecule has 22 heavy (non-hydrogen) atoms. The smallest absolute Gasteiger partial charge is 0.273 e. The van der Waals surface area contributed by atoms with Gasteiger partial charge in [0.15, 0.2) is 11.5 Å². The summed E-state index contributed by atoms with van der Waals surface area (Å²) in [7, 11) is 1.44. The molecular formula is C16H24FN3O2. The second kappa shape index (κ2) is 6.60. The minimum absolute atomic E-state index is 0.216. The van der Waals surface area contributed by atoms with Crippen molar-refractivity contribution in [3.8, 4) is 5.88 Å². The fraction of sp³-hybridized carbons (Fsp3) is 0.625. The molecule has 0 radical (unpaired) electrons. The first-order chi connectivity index (χ1) is 10.3. The second-order valence-corrected chi connectivity index (χ2v) is 6.33. The van der Waals surface area contributed by atoms with Gasteiger partial charge in [-0.2, -0.15) is 0 Å². The Morgan fingerprint density at radius 1 is 1.41 bits per heavy atom. The van der Waals surface area contributed by atoms with E-state index < -0.39 is 11.7 Å². The molecule has 0 aromatic carbocycles. The molecule has 0 unspecified atom stereocenters. The van der Waals surface area contributed by atoms with Crippen LogP contribution in [0.15, 0.2) is 12.1 Å². The van der Waals surface area contributed by atoms with Crippen LogP contribution in [0.25, 0.3) is 0 Å². The minimum Gasteiger partial charge on any atom is -0.481 e. The van der Waals surface area contributed by atoms with Crippen molar-refractivity contribution >= 4 is 5.91 Å². The van der Waals surface area contributed by atoms with Crippen molar-refractivity contribution in [2.75, 3.05) is 20.2 Å². The van der Waals surface area contributed by atoms with E-state index in [0.29, 0.717) is 6.04 Å². The quantitative estimate of drug-likeness (QED) is 0.926. The highest BCUT2D eigenvalue weighted by atomic mass is 19.1. The number of methoxy groups -OCH3 is 1. The van der Waals surface area contributed by atoms with E-state index in [0.717, 1.165) is 25.9 Å². The highest BCUT2D eigenvalue weighted by Gasteiger charge is 2.33. The Morgan fingerprint density at radius 3 is 2.59 bits per heavy atom. The average molecular weight is 309 g/mol. The van der Waals surface area contributed by atoms with Gasteiger partial charge >= 0.3 is 0 Å². The lowest BCUT2D eigenvalue weighted by atomic mass is 9.89. The van der Waals surface area contributed by atoms with E-state index in [-0.39, 0.29) is 17.1 Å². The van der Waals surface area contributed by atoms with Crippen LogP contribution in [-0.4, -0.2) is 47.6 Å². The molecule has 0 saturated carbocycles. The Kier molecular flexibility index (Phi) is 5.01. The number of nitrogens with zero attached hydrogens (tertiary/aromatic N) is 2. The van der Waals surface area contributed by atoms with Gasteiger partial charge in [-0.1, -0.05) is 0 Å². The molecule has 6 heteroatoms. The molecule has 0 aliphatic carbocycles. The molecule has 0 bridgehead atoms. The number of ether oxygens (including phenoxy) is 1. The van der Waals surface area contributed by atoms with Crippen molar-refractivity contribution in [2.45, 2.75) is 45.2 Å². The van der Waals surface area contributed by atoms with E-state index in [9.17, 15) is 9.18 Å². The SMILES string of the molecule is COc1ccc(F)c(C(=O)NC2(C)CCN(C(C)C)CC2)n1. The zero-order chi connectivity index (χ0) is 16.3. The summed E-state index contributed by atoms with van der Waals surface area (Å²) >= 11 is 0. The molecule has 1 fully saturated rings. The molecule has 2 rings (SSSR count). The molecule has 1 aliphatic heterocycles. The summed E-state index contributed by atoms with van der Waals surface area (Å²) < 4.78 is 18.8. The third-order valence-electron chi connectivity index (χ3n) is 4.29. The molecular weight excluding hydrogens is 285 g/mol. The molecule has 2 heterocycles. The maximum atomic E-state index is 13.8. The van der Waals surface area contributed by atoms with Crippen molar-refractivity contribution < 1.29 is 13.9 Å². The fourth-order valence-corrected chi connectivity index (χ4v) is 2.69. The van der Waals surface area contributed by atoms with Crippen LogP contribution in [0.1, 0.15) is 44.1 Å². The average Bonchev–Trinajstić information content (AvgIpc) is 2.47. The van der Waals surface area contributed by atoms with Crippen LogP contribution < -0.4 is 10.1 Å². The molecule has 122 valence electrons. The number of aromatic nitrogens is 1. The number of amides is 1. The Bertz CT molecular complexity index is 540. The van der Waals surface area contributed by atoms with E-state index in [4.69, 9.17) is 4.74 Å². The predicted octanol–water partition coefficient (Wildman–Crippen LogP) is 2.22. The molecule has 1 aromatic heterocycles. The lowest BCUT2D eigenvalue weighted by Gasteiger charge is -2.41. The maximum absolute atomic E-state index is 13.8. The van der Waals surface area contributed by atoms with Gasteiger partial charge < -0.3 is 15.0 Å². The highest BCUT2D eigenvalue weighted by molar-refractivity contribution is 5.93. The van der Waals surface area contributed by atoms with Gasteiger partial charge in [-0.25, -0.2) is 9.37 Å². The summed E-state index contributed by atoms with van der Waals surface area (Å²) in [5.41, 5.74) is -0.550. The highest BCUT2D eigenvalue weighted by Crippen LogP contribution is 2.24. The molecule has 5 nitrogen and oxygen atoms in total. The van der Waals surface area contributed by atoms with Gasteiger partial charge in [-0.05, 0) is 39.7 Å². The number of halogens is 1. The third-order valence-corrected chi connectivity index (χ3v) is 4.29. The number of hydrogen-bond donors (Lipinski definition) is 1. The van der Waals surface area contributed by atoms with Gasteiger partial charge in [-0.3, -0.25) is 4.79 Å². The Balaban J connectivity index is 2.06. The van der Waals surface area contributed by atoms with Crippen molar-refractivity contribution in [1.29, 1.82) is 0 Å². The van der Waals surface area contributed by atoms with Gasteiger partial charge in [0.25, 0.3) is 5.91 Å². The topological polar surface area (TPSA) is 54.5 Å². The first-order valence-corrected chi connectivity index (χ1v) is 7.62. The van der Waals surface area contributed by atoms with E-state index in [1.807, 2.05) is 6.92 Å². The molecule has 1 N–H and O–H groups in total. The molecule has 0 spiro atoms. The lowest BCUT2D eigenvalue weighted by molar-refractivity contribution is 0.0792. The van der Waals surface area contributed by atoms with E-state index in [1.54, 1.807) is 0 Å². The molecule has 1 amide bonds. The summed E-state index contributed by atoms with van der Waals surface area (Å²) in [5, 5.41) is 2.94. The summed E-state index contributed by atoms with van der Waals surface area (Å²) in [4.78, 5) is 18.6. The standard InChI is InChI=1S/C16H24FN3O2/c1-11(2)20-9-7-16(3,8-10-20)19-15(21)14-12(17)5-6-13(18-14)22-4/h5-6,11H,7-10H2,1-4H3,(H,19,21). The number of rotatable bonds is 4. The number of piperidine rings is 1. The lowest BCUT2D eigenvalue weighted by Crippen LogP contribution is -2.54. The zero-order valence-electron chi connectivity index (χ0n) is 13.6. The normalized spacial score (nSPS) is 18.3. The largest absolute Gasteiger partial charge is 0.481 e. The first-order valence-electron chi connectivity index (χ1n) is 7.62. The number of nitrogens with one attached hydrogen (secondary N) is 1. The zero-order valence-corrected chi connectivity index (χ0v) is 13.6. The summed E-state index contributed by atoms with van der Waals surface area (Å²) in [6.45, 7) is 8.17. The third kappa shape index (κ3) is 3.74. The Hall–Kier alpha value is -1.69. The summed E-state index contributed by atoms with van der Waals surface area (Å²) in [5.74, 6) is -0.898. The Labute approximate surface area is 130 Å². The van der Waals surface area contributed by atoms with Crippen molar-refractivity contribution in [2.24, 2.45) is 0 Å². The number of pyridine rings is 1.